The molecular weight excluding hydrogens is 608 g/mol. The minimum atomic E-state index is -1.40. The number of esters is 2. The summed E-state index contributed by atoms with van der Waals surface area (Å²) in [6.45, 7) is 10.9. The minimum absolute atomic E-state index is 0.0355. The fourth-order valence-corrected chi connectivity index (χ4v) is 5.14. The zero-order valence-electron chi connectivity index (χ0n) is 28.1. The first-order chi connectivity index (χ1) is 22.1. The van der Waals surface area contributed by atoms with Crippen LogP contribution in [-0.2, 0) is 44.8 Å². The lowest BCUT2D eigenvalue weighted by Gasteiger charge is -2.29. The van der Waals surface area contributed by atoms with Crippen molar-refractivity contribution in [3.8, 4) is 0 Å². The number of benzene rings is 1. The molecule has 3 rings (SSSR count). The monoisotopic (exact) mass is 656 g/mol. The van der Waals surface area contributed by atoms with Gasteiger partial charge < -0.3 is 35.5 Å². The third kappa shape index (κ3) is 11.7. The maximum Gasteiger partial charge on any atom is 0.408 e. The fourth-order valence-electron chi connectivity index (χ4n) is 5.14. The number of rotatable bonds is 14. The van der Waals surface area contributed by atoms with Crippen LogP contribution in [0.1, 0.15) is 72.8 Å². The van der Waals surface area contributed by atoms with Gasteiger partial charge in [-0.15, -0.1) is 0 Å². The average Bonchev–Trinajstić information content (AvgIpc) is 3.60. The van der Waals surface area contributed by atoms with E-state index < -0.39 is 59.5 Å². The van der Waals surface area contributed by atoms with E-state index in [0.717, 1.165) is 5.56 Å². The second-order valence-corrected chi connectivity index (χ2v) is 13.4. The molecule has 0 spiro atoms. The molecule has 1 unspecified atom stereocenters. The molecule has 0 radical (unpaired) electrons. The zero-order valence-corrected chi connectivity index (χ0v) is 28.1. The molecule has 0 saturated carbocycles. The first-order valence-electron chi connectivity index (χ1n) is 16.1. The number of alkyl carbamates (subject to hydrolysis) is 1. The van der Waals surface area contributed by atoms with Crippen molar-refractivity contribution in [2.45, 2.75) is 98.1 Å². The van der Waals surface area contributed by atoms with Gasteiger partial charge in [-0.25, -0.2) is 9.59 Å². The number of hydrogen-bond donors (Lipinski definition) is 4. The van der Waals surface area contributed by atoms with E-state index in [1.165, 1.54) is 6.92 Å². The number of hydrogen-bond acceptors (Lipinski definition) is 9. The van der Waals surface area contributed by atoms with Gasteiger partial charge in [-0.1, -0.05) is 50.3 Å². The van der Waals surface area contributed by atoms with Crippen LogP contribution >= 0.6 is 0 Å². The van der Waals surface area contributed by atoms with Crippen molar-refractivity contribution >= 4 is 35.8 Å². The van der Waals surface area contributed by atoms with E-state index >= 15 is 0 Å². The van der Waals surface area contributed by atoms with Crippen molar-refractivity contribution < 1.29 is 43.0 Å². The van der Waals surface area contributed by atoms with Gasteiger partial charge in [0.2, 0.25) is 17.7 Å². The summed E-state index contributed by atoms with van der Waals surface area (Å²) in [6, 6.07) is 5.82. The predicted molar refractivity (Wildman–Crippen MR) is 171 cm³/mol. The Balaban J connectivity index is 1.80. The van der Waals surface area contributed by atoms with E-state index in [-0.39, 0.29) is 43.8 Å². The summed E-state index contributed by atoms with van der Waals surface area (Å²) in [5, 5.41) is 10.9. The van der Waals surface area contributed by atoms with Gasteiger partial charge in [-0.05, 0) is 58.4 Å². The number of cyclic esters (lactones) is 1. The van der Waals surface area contributed by atoms with Crippen molar-refractivity contribution in [1.82, 2.24) is 21.3 Å². The van der Waals surface area contributed by atoms with E-state index in [0.29, 0.717) is 25.0 Å². The minimum Gasteiger partial charge on any atom is -0.462 e. The lowest BCUT2D eigenvalue weighted by molar-refractivity contribution is -0.160. The van der Waals surface area contributed by atoms with Crippen LogP contribution in [-0.4, -0.2) is 73.1 Å². The summed E-state index contributed by atoms with van der Waals surface area (Å²) in [6.07, 6.45) is 1.04. The molecule has 2 aliphatic rings. The molecule has 0 aromatic heterocycles. The highest BCUT2D eigenvalue weighted by Crippen LogP contribution is 2.21. The Morgan fingerprint density at radius 2 is 1.72 bits per heavy atom. The standard InChI is InChI=1S/C34H48N4O9/c1-20(2)16-26(29(40)36-25(17-23-12-14-35-28(23)39)18-24-13-15-45-31(24)42)37-30(41)27(21(3)47-32(43)34(4,5)6)38-33(44)46-19-22-10-8-7-9-11-22/h7-11,18,20-21,23,25-27H,12-17,19H2,1-6H3,(H,35,39)(H,36,40)(H,37,41)(H,38,44)/t21?,23-,25-,26-,27-/m0/s1. The van der Waals surface area contributed by atoms with Gasteiger partial charge in [0.25, 0.3) is 0 Å². The summed E-state index contributed by atoms with van der Waals surface area (Å²) < 4.78 is 15.9. The highest BCUT2D eigenvalue weighted by Gasteiger charge is 2.36. The molecule has 4 N–H and O–H groups in total. The van der Waals surface area contributed by atoms with Crippen LogP contribution in [0.4, 0.5) is 4.79 Å². The molecule has 0 aliphatic carbocycles. The Labute approximate surface area is 275 Å². The summed E-state index contributed by atoms with van der Waals surface area (Å²) in [4.78, 5) is 77.6. The highest BCUT2D eigenvalue weighted by molar-refractivity contribution is 5.93. The summed E-state index contributed by atoms with van der Waals surface area (Å²) in [5.74, 6) is -2.89. The topological polar surface area (TPSA) is 178 Å². The maximum atomic E-state index is 13.8. The fraction of sp³-hybridized carbons (Fsp3) is 0.588. The van der Waals surface area contributed by atoms with E-state index in [2.05, 4.69) is 21.3 Å². The van der Waals surface area contributed by atoms with Crippen LogP contribution in [0, 0.1) is 17.3 Å². The quantitative estimate of drug-likeness (QED) is 0.133. The predicted octanol–water partition coefficient (Wildman–Crippen LogP) is 2.67. The van der Waals surface area contributed by atoms with Gasteiger partial charge in [-0.2, -0.15) is 0 Å². The van der Waals surface area contributed by atoms with Crippen LogP contribution in [0.5, 0.6) is 0 Å². The van der Waals surface area contributed by atoms with E-state index in [1.807, 2.05) is 19.9 Å². The van der Waals surface area contributed by atoms with Crippen molar-refractivity contribution in [2.75, 3.05) is 13.2 Å². The third-order valence-corrected chi connectivity index (χ3v) is 7.78. The molecule has 13 heteroatoms. The number of carbonyl (C=O) groups is 6. The first kappa shape index (κ1) is 37.0. The van der Waals surface area contributed by atoms with Gasteiger partial charge >= 0.3 is 18.0 Å². The number of carbonyl (C=O) groups excluding carboxylic acids is 6. The van der Waals surface area contributed by atoms with E-state index in [9.17, 15) is 28.8 Å². The van der Waals surface area contributed by atoms with Gasteiger partial charge in [0, 0.05) is 30.5 Å². The summed E-state index contributed by atoms with van der Waals surface area (Å²) in [7, 11) is 0. The van der Waals surface area contributed by atoms with Gasteiger partial charge in [0.05, 0.1) is 12.0 Å². The Morgan fingerprint density at radius 1 is 1.02 bits per heavy atom. The highest BCUT2D eigenvalue weighted by atomic mass is 16.6. The van der Waals surface area contributed by atoms with Crippen LogP contribution in [0.25, 0.3) is 0 Å². The van der Waals surface area contributed by atoms with Crippen molar-refractivity contribution in [3.05, 3.63) is 47.5 Å². The molecule has 2 heterocycles. The Kier molecular flexibility index (Phi) is 13.3. The second kappa shape index (κ2) is 16.9. The van der Waals surface area contributed by atoms with Gasteiger partial charge in [0.1, 0.15) is 24.8 Å². The summed E-state index contributed by atoms with van der Waals surface area (Å²) >= 11 is 0. The van der Waals surface area contributed by atoms with Crippen molar-refractivity contribution in [2.24, 2.45) is 17.3 Å². The Hall–Kier alpha value is -4.42. The lowest BCUT2D eigenvalue weighted by Crippen LogP contribution is -2.58. The molecule has 4 amide bonds. The van der Waals surface area contributed by atoms with Crippen LogP contribution in [0.15, 0.2) is 42.0 Å². The largest absolute Gasteiger partial charge is 0.462 e. The molecule has 1 aromatic carbocycles. The third-order valence-electron chi connectivity index (χ3n) is 7.78. The summed E-state index contributed by atoms with van der Waals surface area (Å²) in [5.41, 5.74) is 0.259. The molecule has 2 saturated heterocycles. The second-order valence-electron chi connectivity index (χ2n) is 13.4. The molecule has 2 fully saturated rings. The number of nitrogens with one attached hydrogen (secondary N) is 4. The van der Waals surface area contributed by atoms with Gasteiger partial charge in [0.15, 0.2) is 0 Å². The van der Waals surface area contributed by atoms with Crippen LogP contribution in [0.2, 0.25) is 0 Å². The SMILES string of the molecule is CC(C)C[C@H](NC(=O)[C@@H](NC(=O)OCc1ccccc1)C(C)OC(=O)C(C)(C)C)C(=O)N[C@H](C=C1CCOC1=O)C[C@@H]1CCNC1=O. The van der Waals surface area contributed by atoms with Crippen molar-refractivity contribution in [1.29, 1.82) is 0 Å². The van der Waals surface area contributed by atoms with Gasteiger partial charge in [-0.3, -0.25) is 19.2 Å². The molecule has 1 aromatic rings. The first-order valence-corrected chi connectivity index (χ1v) is 16.1. The molecule has 258 valence electrons. The maximum absolute atomic E-state index is 13.8. The Morgan fingerprint density at radius 3 is 2.30 bits per heavy atom. The Bertz CT molecular complexity index is 1320. The molecule has 13 nitrogen and oxygen atoms in total. The molecule has 47 heavy (non-hydrogen) atoms. The van der Waals surface area contributed by atoms with E-state index in [1.54, 1.807) is 51.1 Å². The van der Waals surface area contributed by atoms with Crippen molar-refractivity contribution in [3.63, 3.8) is 0 Å². The van der Waals surface area contributed by atoms with Crippen LogP contribution in [0.3, 0.4) is 0 Å². The van der Waals surface area contributed by atoms with Crippen LogP contribution < -0.4 is 21.3 Å². The molecule has 0 bridgehead atoms. The zero-order chi connectivity index (χ0) is 34.7. The molecular formula is C34H48N4O9. The molecule has 5 atom stereocenters. The smallest absolute Gasteiger partial charge is 0.408 e. The molecule has 2 aliphatic heterocycles. The number of ether oxygens (including phenoxy) is 3. The number of amides is 4. The van der Waals surface area contributed by atoms with E-state index in [4.69, 9.17) is 14.2 Å². The average molecular weight is 657 g/mol. The normalized spacial score (nSPS) is 19.6. The lowest BCUT2D eigenvalue weighted by atomic mass is 9.95.